The van der Waals surface area contributed by atoms with Crippen molar-refractivity contribution in [2.45, 2.75) is 6.54 Å². The fraction of sp³-hybridized carbons (Fsp3) is 0.368. The van der Waals surface area contributed by atoms with E-state index in [2.05, 4.69) is 33.0 Å². The minimum Gasteiger partial charge on any atom is -0.503 e. The minimum atomic E-state index is 0.157. The van der Waals surface area contributed by atoms with Crippen LogP contribution in [0.5, 0.6) is 17.2 Å². The molecule has 0 radical (unpaired) electrons. The van der Waals surface area contributed by atoms with Gasteiger partial charge in [-0.05, 0) is 40.2 Å². The zero-order valence-corrected chi connectivity index (χ0v) is 16.2. The molecule has 1 saturated heterocycles. The van der Waals surface area contributed by atoms with Gasteiger partial charge in [-0.1, -0.05) is 6.07 Å². The molecule has 2 aromatic carbocycles. The maximum atomic E-state index is 9.94. The highest BCUT2D eigenvalue weighted by atomic mass is 79.9. The average molecular weight is 408 g/mol. The number of phenolic OH excluding ortho intramolecular Hbond substituents is 1. The second kappa shape index (κ2) is 7.97. The number of nitrogens with one attached hydrogen (secondary N) is 1. The van der Waals surface area contributed by atoms with Gasteiger partial charge in [0.2, 0.25) is 0 Å². The van der Waals surface area contributed by atoms with Gasteiger partial charge in [-0.15, -0.1) is 0 Å². The first-order chi connectivity index (χ1) is 12.1. The Labute approximate surface area is 156 Å². The van der Waals surface area contributed by atoms with Crippen molar-refractivity contribution in [1.82, 2.24) is 0 Å². The highest BCUT2D eigenvalue weighted by molar-refractivity contribution is 9.10. The van der Waals surface area contributed by atoms with Gasteiger partial charge in [-0.3, -0.25) is 0 Å². The zero-order chi connectivity index (χ0) is 17.8. The van der Waals surface area contributed by atoms with Gasteiger partial charge in [-0.2, -0.15) is 0 Å². The SMILES string of the molecule is COc1cccc(N2CC[NH+](Cc3cc(Br)c(O)c(OC)c3)CC2)c1. The van der Waals surface area contributed by atoms with Crippen molar-refractivity contribution >= 4 is 21.6 Å². The van der Waals surface area contributed by atoms with E-state index in [0.717, 1.165) is 44.0 Å². The number of rotatable bonds is 5. The Morgan fingerprint density at radius 1 is 1.12 bits per heavy atom. The van der Waals surface area contributed by atoms with Gasteiger partial charge in [0.25, 0.3) is 0 Å². The van der Waals surface area contributed by atoms with E-state index in [1.54, 1.807) is 14.2 Å². The van der Waals surface area contributed by atoms with Crippen LogP contribution >= 0.6 is 15.9 Å². The Balaban J connectivity index is 1.62. The molecular formula is C19H24BrN2O3+. The van der Waals surface area contributed by atoms with Crippen molar-refractivity contribution in [3.8, 4) is 17.2 Å². The van der Waals surface area contributed by atoms with Gasteiger partial charge in [0, 0.05) is 17.3 Å². The summed E-state index contributed by atoms with van der Waals surface area (Å²) in [4.78, 5) is 3.93. The number of hydrogen-bond donors (Lipinski definition) is 2. The standard InChI is InChI=1S/C19H23BrN2O3/c1-24-16-5-3-4-15(12-16)22-8-6-21(7-9-22)13-14-10-17(20)19(23)18(11-14)25-2/h3-5,10-12,23H,6-9,13H2,1-2H3/p+1. The summed E-state index contributed by atoms with van der Waals surface area (Å²) in [6.07, 6.45) is 0. The predicted octanol–water partition coefficient (Wildman–Crippen LogP) is 2.08. The first-order valence-corrected chi connectivity index (χ1v) is 9.18. The molecule has 1 heterocycles. The summed E-state index contributed by atoms with van der Waals surface area (Å²) in [6.45, 7) is 5.08. The van der Waals surface area contributed by atoms with Crippen molar-refractivity contribution < 1.29 is 19.5 Å². The number of ether oxygens (including phenoxy) is 2. The van der Waals surface area contributed by atoms with Gasteiger partial charge < -0.3 is 24.4 Å². The molecule has 3 rings (SSSR count). The van der Waals surface area contributed by atoms with E-state index in [1.807, 2.05) is 24.3 Å². The van der Waals surface area contributed by atoms with Gasteiger partial charge >= 0.3 is 0 Å². The molecule has 1 aliphatic rings. The minimum absolute atomic E-state index is 0.157. The number of aromatic hydroxyl groups is 1. The third-order valence-corrected chi connectivity index (χ3v) is 5.26. The number of piperazine rings is 1. The summed E-state index contributed by atoms with van der Waals surface area (Å²) in [5.41, 5.74) is 2.37. The highest BCUT2D eigenvalue weighted by Crippen LogP contribution is 2.35. The maximum absolute atomic E-state index is 9.94. The molecule has 0 aromatic heterocycles. The van der Waals surface area contributed by atoms with Crippen LogP contribution in [0.2, 0.25) is 0 Å². The van der Waals surface area contributed by atoms with Crippen LogP contribution < -0.4 is 19.3 Å². The molecule has 2 N–H and O–H groups in total. The number of quaternary nitrogens is 1. The molecule has 0 saturated carbocycles. The van der Waals surface area contributed by atoms with Crippen LogP contribution in [0.3, 0.4) is 0 Å². The lowest BCUT2D eigenvalue weighted by molar-refractivity contribution is -0.914. The normalized spacial score (nSPS) is 15.2. The van der Waals surface area contributed by atoms with Gasteiger partial charge in [0.1, 0.15) is 12.3 Å². The number of anilines is 1. The molecule has 2 aromatic rings. The van der Waals surface area contributed by atoms with Gasteiger partial charge in [0.15, 0.2) is 11.5 Å². The fourth-order valence-electron chi connectivity index (χ4n) is 3.24. The molecule has 0 aliphatic carbocycles. The van der Waals surface area contributed by atoms with E-state index >= 15 is 0 Å². The molecule has 5 nitrogen and oxygen atoms in total. The zero-order valence-electron chi connectivity index (χ0n) is 14.6. The van der Waals surface area contributed by atoms with E-state index in [0.29, 0.717) is 10.2 Å². The van der Waals surface area contributed by atoms with Crippen molar-refractivity contribution in [1.29, 1.82) is 0 Å². The lowest BCUT2D eigenvalue weighted by Gasteiger charge is -2.34. The van der Waals surface area contributed by atoms with Crippen molar-refractivity contribution in [3.63, 3.8) is 0 Å². The molecule has 0 bridgehead atoms. The lowest BCUT2D eigenvalue weighted by atomic mass is 10.1. The molecule has 0 atom stereocenters. The molecule has 6 heteroatoms. The Morgan fingerprint density at radius 2 is 1.88 bits per heavy atom. The summed E-state index contributed by atoms with van der Waals surface area (Å²) in [5.74, 6) is 1.57. The molecule has 134 valence electrons. The predicted molar refractivity (Wildman–Crippen MR) is 102 cm³/mol. The Hall–Kier alpha value is -1.92. The monoisotopic (exact) mass is 407 g/mol. The van der Waals surface area contributed by atoms with Gasteiger partial charge in [0.05, 0.1) is 44.9 Å². The van der Waals surface area contributed by atoms with Crippen LogP contribution in [0.1, 0.15) is 5.56 Å². The Bertz CT molecular complexity index is 731. The van der Waals surface area contributed by atoms with Crippen molar-refractivity contribution in [3.05, 3.63) is 46.4 Å². The molecule has 0 spiro atoms. The average Bonchev–Trinajstić information content (AvgIpc) is 2.65. The van der Waals surface area contributed by atoms with E-state index < -0.39 is 0 Å². The van der Waals surface area contributed by atoms with Crippen LogP contribution in [0.25, 0.3) is 0 Å². The van der Waals surface area contributed by atoms with E-state index in [1.165, 1.54) is 10.6 Å². The van der Waals surface area contributed by atoms with Crippen LogP contribution in [-0.2, 0) is 6.54 Å². The fourth-order valence-corrected chi connectivity index (χ4v) is 3.73. The smallest absolute Gasteiger partial charge is 0.172 e. The van der Waals surface area contributed by atoms with E-state index in [4.69, 9.17) is 9.47 Å². The quantitative estimate of drug-likeness (QED) is 0.796. The van der Waals surface area contributed by atoms with Crippen molar-refractivity contribution in [2.75, 3.05) is 45.3 Å². The number of hydrogen-bond acceptors (Lipinski definition) is 4. The second-order valence-electron chi connectivity index (χ2n) is 6.24. The summed E-state index contributed by atoms with van der Waals surface area (Å²) in [6, 6.07) is 12.1. The lowest BCUT2D eigenvalue weighted by Crippen LogP contribution is -3.13. The number of methoxy groups -OCH3 is 2. The number of benzene rings is 2. The Kier molecular flexibility index (Phi) is 5.71. The first kappa shape index (κ1) is 17.9. The van der Waals surface area contributed by atoms with Gasteiger partial charge in [-0.25, -0.2) is 0 Å². The third kappa shape index (κ3) is 4.19. The summed E-state index contributed by atoms with van der Waals surface area (Å²) < 4.78 is 11.2. The van der Waals surface area contributed by atoms with Crippen LogP contribution in [-0.4, -0.2) is 45.5 Å². The third-order valence-electron chi connectivity index (χ3n) is 4.65. The maximum Gasteiger partial charge on any atom is 0.172 e. The molecule has 25 heavy (non-hydrogen) atoms. The van der Waals surface area contributed by atoms with E-state index in [-0.39, 0.29) is 5.75 Å². The van der Waals surface area contributed by atoms with Crippen LogP contribution in [0.4, 0.5) is 5.69 Å². The topological polar surface area (TPSA) is 46.4 Å². The number of phenols is 1. The Morgan fingerprint density at radius 3 is 2.56 bits per heavy atom. The largest absolute Gasteiger partial charge is 0.503 e. The molecule has 0 unspecified atom stereocenters. The summed E-state index contributed by atoms with van der Waals surface area (Å²) in [7, 11) is 3.27. The summed E-state index contributed by atoms with van der Waals surface area (Å²) in [5, 5.41) is 9.94. The van der Waals surface area contributed by atoms with Crippen molar-refractivity contribution in [2.24, 2.45) is 0 Å². The number of halogens is 1. The van der Waals surface area contributed by atoms with E-state index in [9.17, 15) is 5.11 Å². The highest BCUT2D eigenvalue weighted by Gasteiger charge is 2.21. The first-order valence-electron chi connectivity index (χ1n) is 8.38. The molecule has 1 fully saturated rings. The second-order valence-corrected chi connectivity index (χ2v) is 7.10. The molecule has 0 amide bonds. The molecular weight excluding hydrogens is 384 g/mol. The van der Waals surface area contributed by atoms with Crippen LogP contribution in [0.15, 0.2) is 40.9 Å². The number of nitrogens with zero attached hydrogens (tertiary/aromatic N) is 1. The van der Waals surface area contributed by atoms with Crippen LogP contribution in [0, 0.1) is 0 Å². The molecule has 1 aliphatic heterocycles. The summed E-state index contributed by atoms with van der Waals surface area (Å²) >= 11 is 3.40.